The van der Waals surface area contributed by atoms with Gasteiger partial charge >= 0.3 is 0 Å². The van der Waals surface area contributed by atoms with Gasteiger partial charge in [0.2, 0.25) is 0 Å². The van der Waals surface area contributed by atoms with E-state index in [-0.39, 0.29) is 0 Å². The van der Waals surface area contributed by atoms with Crippen molar-refractivity contribution in [3.8, 4) is 21.8 Å². The normalized spacial score (nSPS) is 14.3. The van der Waals surface area contributed by atoms with Gasteiger partial charge < -0.3 is 4.90 Å². The largest absolute Gasteiger partial charge is 0.372 e. The van der Waals surface area contributed by atoms with Gasteiger partial charge in [-0.15, -0.1) is 11.3 Å². The molecule has 1 saturated heterocycles. The van der Waals surface area contributed by atoms with Crippen molar-refractivity contribution in [2.75, 3.05) is 18.0 Å². The molecule has 122 valence electrons. The Labute approximate surface area is 147 Å². The number of aromatic nitrogens is 1. The molecule has 1 fully saturated rings. The average molecular weight is 334 g/mol. The molecule has 0 radical (unpaired) electrons. The van der Waals surface area contributed by atoms with E-state index in [1.807, 2.05) is 0 Å². The highest BCUT2D eigenvalue weighted by Gasteiger charge is 2.14. The van der Waals surface area contributed by atoms with E-state index >= 15 is 0 Å². The third-order valence-electron chi connectivity index (χ3n) is 4.87. The second kappa shape index (κ2) is 6.40. The number of benzene rings is 2. The Hall–Kier alpha value is -2.13. The highest BCUT2D eigenvalue weighted by Crippen LogP contribution is 2.32. The molecular formula is C21H22N2S. The summed E-state index contributed by atoms with van der Waals surface area (Å²) in [6.45, 7) is 6.66. The summed E-state index contributed by atoms with van der Waals surface area (Å²) in [5.74, 6) is 0. The molecule has 1 aliphatic rings. The molecule has 2 heterocycles. The number of aryl methyl sites for hydroxylation is 2. The fourth-order valence-corrected chi connectivity index (χ4v) is 4.08. The molecule has 0 unspecified atom stereocenters. The summed E-state index contributed by atoms with van der Waals surface area (Å²) in [5, 5.41) is 3.27. The van der Waals surface area contributed by atoms with Crippen LogP contribution in [0, 0.1) is 13.8 Å². The summed E-state index contributed by atoms with van der Waals surface area (Å²) in [6.07, 6.45) is 2.61. The first-order chi connectivity index (χ1) is 11.7. The second-order valence-corrected chi connectivity index (χ2v) is 7.44. The number of anilines is 1. The van der Waals surface area contributed by atoms with Gasteiger partial charge in [-0.25, -0.2) is 4.98 Å². The molecule has 2 aromatic carbocycles. The van der Waals surface area contributed by atoms with Crippen LogP contribution in [0.3, 0.4) is 0 Å². The topological polar surface area (TPSA) is 16.1 Å². The maximum Gasteiger partial charge on any atom is 0.124 e. The van der Waals surface area contributed by atoms with E-state index in [1.165, 1.54) is 53.9 Å². The van der Waals surface area contributed by atoms with Gasteiger partial charge in [0, 0.05) is 35.3 Å². The Bertz CT molecular complexity index is 860. The molecule has 0 aliphatic carbocycles. The summed E-state index contributed by atoms with van der Waals surface area (Å²) < 4.78 is 0. The van der Waals surface area contributed by atoms with Crippen LogP contribution in [0.25, 0.3) is 21.8 Å². The molecule has 4 rings (SSSR count). The molecule has 1 aliphatic heterocycles. The lowest BCUT2D eigenvalue weighted by molar-refractivity contribution is 0.949. The lowest BCUT2D eigenvalue weighted by Crippen LogP contribution is -2.17. The van der Waals surface area contributed by atoms with Crippen molar-refractivity contribution < 1.29 is 0 Å². The molecular weight excluding hydrogens is 312 g/mol. The third-order valence-corrected chi connectivity index (χ3v) is 5.76. The SMILES string of the molecule is Cc1ccc(-c2csc(-c3cccc(N4CCCC4)c3)n2)cc1C. The molecule has 3 aromatic rings. The summed E-state index contributed by atoms with van der Waals surface area (Å²) in [4.78, 5) is 7.36. The third kappa shape index (κ3) is 2.96. The first kappa shape index (κ1) is 15.4. The van der Waals surface area contributed by atoms with Gasteiger partial charge in [0.05, 0.1) is 5.69 Å². The van der Waals surface area contributed by atoms with E-state index in [1.54, 1.807) is 11.3 Å². The fraction of sp³-hybridized carbons (Fsp3) is 0.286. The minimum Gasteiger partial charge on any atom is -0.372 e. The quantitative estimate of drug-likeness (QED) is 0.611. The smallest absolute Gasteiger partial charge is 0.124 e. The molecule has 24 heavy (non-hydrogen) atoms. The molecule has 2 nitrogen and oxygen atoms in total. The first-order valence-corrected chi connectivity index (χ1v) is 9.47. The van der Waals surface area contributed by atoms with Gasteiger partial charge in [0.1, 0.15) is 5.01 Å². The highest BCUT2D eigenvalue weighted by atomic mass is 32.1. The first-order valence-electron chi connectivity index (χ1n) is 8.59. The van der Waals surface area contributed by atoms with Gasteiger partial charge in [0.15, 0.2) is 0 Å². The molecule has 1 aromatic heterocycles. The molecule has 0 saturated carbocycles. The van der Waals surface area contributed by atoms with Gasteiger partial charge in [-0.1, -0.05) is 24.3 Å². The molecule has 0 amide bonds. The van der Waals surface area contributed by atoms with Crippen molar-refractivity contribution in [3.05, 3.63) is 59.0 Å². The van der Waals surface area contributed by atoms with E-state index in [0.29, 0.717) is 0 Å². The lowest BCUT2D eigenvalue weighted by atomic mass is 10.1. The van der Waals surface area contributed by atoms with Crippen LogP contribution in [0.1, 0.15) is 24.0 Å². The summed E-state index contributed by atoms with van der Waals surface area (Å²) >= 11 is 1.73. The summed E-state index contributed by atoms with van der Waals surface area (Å²) in [6, 6.07) is 15.4. The zero-order valence-corrected chi connectivity index (χ0v) is 15.1. The van der Waals surface area contributed by atoms with Gasteiger partial charge in [-0.05, 0) is 56.0 Å². The van der Waals surface area contributed by atoms with Crippen molar-refractivity contribution >= 4 is 17.0 Å². The van der Waals surface area contributed by atoms with Crippen molar-refractivity contribution in [2.24, 2.45) is 0 Å². The van der Waals surface area contributed by atoms with E-state index in [2.05, 4.69) is 66.6 Å². The van der Waals surface area contributed by atoms with E-state index in [9.17, 15) is 0 Å². The van der Waals surface area contributed by atoms with Gasteiger partial charge in [-0.2, -0.15) is 0 Å². The Morgan fingerprint density at radius 3 is 2.54 bits per heavy atom. The van der Waals surface area contributed by atoms with Crippen LogP contribution in [-0.4, -0.2) is 18.1 Å². The number of thiazole rings is 1. The predicted molar refractivity (Wildman–Crippen MR) is 104 cm³/mol. The zero-order valence-electron chi connectivity index (χ0n) is 14.2. The maximum atomic E-state index is 4.89. The number of rotatable bonds is 3. The van der Waals surface area contributed by atoms with Crippen LogP contribution in [-0.2, 0) is 0 Å². The second-order valence-electron chi connectivity index (χ2n) is 6.58. The van der Waals surface area contributed by atoms with Crippen molar-refractivity contribution in [1.29, 1.82) is 0 Å². The highest BCUT2D eigenvalue weighted by molar-refractivity contribution is 7.13. The maximum absolute atomic E-state index is 4.89. The number of nitrogens with zero attached hydrogens (tertiary/aromatic N) is 2. The van der Waals surface area contributed by atoms with Crippen LogP contribution >= 0.6 is 11.3 Å². The minimum absolute atomic E-state index is 1.07. The minimum atomic E-state index is 1.07. The molecule has 0 N–H and O–H groups in total. The Balaban J connectivity index is 1.64. The van der Waals surface area contributed by atoms with E-state index < -0.39 is 0 Å². The summed E-state index contributed by atoms with van der Waals surface area (Å²) in [7, 11) is 0. The van der Waals surface area contributed by atoms with Crippen LogP contribution in [0.15, 0.2) is 47.8 Å². The Kier molecular flexibility index (Phi) is 4.11. The fourth-order valence-electron chi connectivity index (χ4n) is 3.25. The van der Waals surface area contributed by atoms with Gasteiger partial charge in [-0.3, -0.25) is 0 Å². The van der Waals surface area contributed by atoms with Crippen molar-refractivity contribution in [3.63, 3.8) is 0 Å². The average Bonchev–Trinajstić information content (AvgIpc) is 3.29. The molecule has 0 bridgehead atoms. The standard InChI is InChI=1S/C21H22N2S/c1-15-8-9-17(12-16(15)2)20-14-24-21(22-20)18-6-5-7-19(13-18)23-10-3-4-11-23/h5-9,12-14H,3-4,10-11H2,1-2H3. The molecule has 3 heteroatoms. The monoisotopic (exact) mass is 334 g/mol. The molecule has 0 spiro atoms. The predicted octanol–water partition coefficient (Wildman–Crippen LogP) is 5.69. The lowest BCUT2D eigenvalue weighted by Gasteiger charge is -2.17. The Morgan fingerprint density at radius 2 is 1.75 bits per heavy atom. The van der Waals surface area contributed by atoms with Crippen LogP contribution in [0.5, 0.6) is 0 Å². The summed E-state index contributed by atoms with van der Waals surface area (Å²) in [5.41, 5.74) is 7.47. The number of hydrogen-bond donors (Lipinski definition) is 0. The van der Waals surface area contributed by atoms with E-state index in [0.717, 1.165) is 10.7 Å². The van der Waals surface area contributed by atoms with Crippen molar-refractivity contribution in [1.82, 2.24) is 4.98 Å². The molecule has 0 atom stereocenters. The number of hydrogen-bond acceptors (Lipinski definition) is 3. The van der Waals surface area contributed by atoms with Crippen LogP contribution in [0.4, 0.5) is 5.69 Å². The Morgan fingerprint density at radius 1 is 0.917 bits per heavy atom. The van der Waals surface area contributed by atoms with E-state index in [4.69, 9.17) is 4.98 Å². The van der Waals surface area contributed by atoms with Crippen molar-refractivity contribution in [2.45, 2.75) is 26.7 Å². The van der Waals surface area contributed by atoms with Crippen LogP contribution < -0.4 is 4.90 Å². The zero-order chi connectivity index (χ0) is 16.5. The van der Waals surface area contributed by atoms with Crippen LogP contribution in [0.2, 0.25) is 0 Å². The van der Waals surface area contributed by atoms with Gasteiger partial charge in [0.25, 0.3) is 0 Å².